The van der Waals surface area contributed by atoms with Crippen LogP contribution in [0.1, 0.15) is 35.2 Å². The first-order valence-electron chi connectivity index (χ1n) is 8.17. The highest BCUT2D eigenvalue weighted by Gasteiger charge is 2.13. The Kier molecular flexibility index (Phi) is 7.32. The first-order chi connectivity index (χ1) is 12.6. The number of hydrazine groups is 1. The number of aliphatic imine (C=N–C) groups is 1. The Hall–Kier alpha value is -3.19. The van der Waals surface area contributed by atoms with E-state index in [1.807, 2.05) is 37.3 Å². The summed E-state index contributed by atoms with van der Waals surface area (Å²) < 4.78 is 5.09. The molecule has 0 heterocycles. The van der Waals surface area contributed by atoms with Crippen LogP contribution in [0.25, 0.3) is 0 Å². The van der Waals surface area contributed by atoms with Gasteiger partial charge in [-0.3, -0.25) is 9.59 Å². The predicted molar refractivity (Wildman–Crippen MR) is 99.8 cm³/mol. The minimum atomic E-state index is -0.367. The van der Waals surface area contributed by atoms with E-state index in [0.717, 1.165) is 5.56 Å². The maximum Gasteiger partial charge on any atom is 0.308 e. The molecule has 136 valence electrons. The summed E-state index contributed by atoms with van der Waals surface area (Å²) in [5.41, 5.74) is 4.34. The summed E-state index contributed by atoms with van der Waals surface area (Å²) in [4.78, 5) is 28.0. The Balaban J connectivity index is 1.79. The lowest BCUT2D eigenvalue weighted by Gasteiger charge is -2.12. The average molecular weight is 354 g/mol. The van der Waals surface area contributed by atoms with Gasteiger partial charge in [-0.25, -0.2) is 10.8 Å². The van der Waals surface area contributed by atoms with Crippen LogP contribution in [0.5, 0.6) is 0 Å². The van der Waals surface area contributed by atoms with Crippen molar-refractivity contribution in [3.8, 4) is 0 Å². The standard InChI is InChI=1S/C19H22N4O3/c1-14(15-6-3-2-4-7-15)10-18(24)26-13-22-19(25)16-8-5-9-17(11-16)21-12-23-20/h2-9,11-12,14H,10,13,20H2,1H3,(H,21,23)(H,22,25). The van der Waals surface area contributed by atoms with Crippen molar-refractivity contribution in [2.75, 3.05) is 6.73 Å². The van der Waals surface area contributed by atoms with Crippen molar-refractivity contribution in [2.45, 2.75) is 19.3 Å². The summed E-state index contributed by atoms with van der Waals surface area (Å²) in [7, 11) is 0. The number of nitrogens with two attached hydrogens (primary N) is 1. The summed E-state index contributed by atoms with van der Waals surface area (Å²) in [6.07, 6.45) is 1.56. The summed E-state index contributed by atoms with van der Waals surface area (Å²) in [6, 6.07) is 16.4. The number of nitrogens with one attached hydrogen (secondary N) is 2. The van der Waals surface area contributed by atoms with Gasteiger partial charge in [-0.1, -0.05) is 43.3 Å². The van der Waals surface area contributed by atoms with Crippen molar-refractivity contribution in [3.05, 3.63) is 65.7 Å². The van der Waals surface area contributed by atoms with E-state index in [9.17, 15) is 9.59 Å². The molecule has 0 fully saturated rings. The number of ether oxygens (including phenoxy) is 1. The lowest BCUT2D eigenvalue weighted by molar-refractivity contribution is -0.144. The van der Waals surface area contributed by atoms with Gasteiger partial charge in [0.05, 0.1) is 12.1 Å². The molecular weight excluding hydrogens is 332 g/mol. The van der Waals surface area contributed by atoms with Crippen LogP contribution in [0.3, 0.4) is 0 Å². The number of amides is 1. The zero-order valence-corrected chi connectivity index (χ0v) is 14.5. The summed E-state index contributed by atoms with van der Waals surface area (Å²) >= 11 is 0. The third-order valence-corrected chi connectivity index (χ3v) is 3.70. The molecule has 0 aliphatic heterocycles. The van der Waals surface area contributed by atoms with Crippen molar-refractivity contribution < 1.29 is 14.3 Å². The topological polar surface area (TPSA) is 106 Å². The van der Waals surface area contributed by atoms with Gasteiger partial charge in [0, 0.05) is 5.56 Å². The van der Waals surface area contributed by atoms with Crippen LogP contribution in [0.2, 0.25) is 0 Å². The fourth-order valence-corrected chi connectivity index (χ4v) is 2.33. The molecule has 7 nitrogen and oxygen atoms in total. The molecule has 0 aliphatic carbocycles. The molecule has 0 radical (unpaired) electrons. The largest absolute Gasteiger partial charge is 0.444 e. The van der Waals surface area contributed by atoms with Gasteiger partial charge in [-0.15, -0.1) is 0 Å². The molecule has 0 bridgehead atoms. The molecule has 1 unspecified atom stereocenters. The zero-order chi connectivity index (χ0) is 18.8. The van der Waals surface area contributed by atoms with Crippen molar-refractivity contribution >= 4 is 23.9 Å². The van der Waals surface area contributed by atoms with Gasteiger partial charge in [0.1, 0.15) is 6.34 Å². The molecule has 2 rings (SSSR count). The van der Waals surface area contributed by atoms with Gasteiger partial charge in [0.2, 0.25) is 0 Å². The number of nitrogens with zero attached hydrogens (tertiary/aromatic N) is 1. The molecular formula is C19H22N4O3. The molecule has 0 aliphatic rings. The fourth-order valence-electron chi connectivity index (χ4n) is 2.33. The van der Waals surface area contributed by atoms with Crippen molar-refractivity contribution in [1.82, 2.24) is 10.7 Å². The lowest BCUT2D eigenvalue weighted by atomic mass is 9.98. The maximum absolute atomic E-state index is 12.1. The number of carbonyl (C=O) groups is 2. The van der Waals surface area contributed by atoms with Gasteiger partial charge >= 0.3 is 5.97 Å². The van der Waals surface area contributed by atoms with Crippen LogP contribution in [-0.4, -0.2) is 24.9 Å². The smallest absolute Gasteiger partial charge is 0.308 e. The van der Waals surface area contributed by atoms with Crippen LogP contribution in [0.4, 0.5) is 5.69 Å². The second-order valence-electron chi connectivity index (χ2n) is 5.66. The van der Waals surface area contributed by atoms with Crippen LogP contribution in [-0.2, 0) is 9.53 Å². The predicted octanol–water partition coefficient (Wildman–Crippen LogP) is 2.23. The molecule has 2 aromatic carbocycles. The molecule has 26 heavy (non-hydrogen) atoms. The van der Waals surface area contributed by atoms with Gasteiger partial charge < -0.3 is 15.5 Å². The number of hydrogen-bond donors (Lipinski definition) is 3. The van der Waals surface area contributed by atoms with E-state index in [2.05, 4.69) is 15.7 Å². The van der Waals surface area contributed by atoms with E-state index in [1.54, 1.807) is 24.3 Å². The first-order valence-corrected chi connectivity index (χ1v) is 8.17. The van der Waals surface area contributed by atoms with E-state index in [0.29, 0.717) is 11.3 Å². The SMILES string of the molecule is CC(CC(=O)OCNC(=O)c1cccc(N=CNN)c1)c1ccccc1. The Morgan fingerprint density at radius 2 is 1.96 bits per heavy atom. The normalized spacial score (nSPS) is 11.8. The molecule has 1 amide bonds. The lowest BCUT2D eigenvalue weighted by Crippen LogP contribution is -2.28. The average Bonchev–Trinajstić information content (AvgIpc) is 2.67. The summed E-state index contributed by atoms with van der Waals surface area (Å²) in [5.74, 6) is 4.44. The van der Waals surface area contributed by atoms with Crippen LogP contribution < -0.4 is 16.6 Å². The van der Waals surface area contributed by atoms with Crippen molar-refractivity contribution in [1.29, 1.82) is 0 Å². The monoisotopic (exact) mass is 354 g/mol. The molecule has 0 saturated carbocycles. The highest BCUT2D eigenvalue weighted by Crippen LogP contribution is 2.18. The highest BCUT2D eigenvalue weighted by molar-refractivity contribution is 5.95. The number of rotatable bonds is 8. The number of carbonyl (C=O) groups excluding carboxylic acids is 2. The van der Waals surface area contributed by atoms with Crippen molar-refractivity contribution in [3.63, 3.8) is 0 Å². The quantitative estimate of drug-likeness (QED) is 0.168. The first kappa shape index (κ1) is 19.1. The van der Waals surface area contributed by atoms with E-state index >= 15 is 0 Å². The van der Waals surface area contributed by atoms with Gasteiger partial charge in [-0.05, 0) is 29.7 Å². The van der Waals surface area contributed by atoms with Crippen LogP contribution in [0, 0.1) is 0 Å². The Labute approximate surface area is 152 Å². The zero-order valence-electron chi connectivity index (χ0n) is 14.5. The van der Waals surface area contributed by atoms with Gasteiger partial charge in [-0.2, -0.15) is 0 Å². The third-order valence-electron chi connectivity index (χ3n) is 3.70. The minimum absolute atomic E-state index is 0.0464. The number of benzene rings is 2. The molecule has 0 saturated heterocycles. The second-order valence-corrected chi connectivity index (χ2v) is 5.66. The van der Waals surface area contributed by atoms with E-state index in [4.69, 9.17) is 10.6 Å². The van der Waals surface area contributed by atoms with E-state index in [-0.39, 0.29) is 30.9 Å². The van der Waals surface area contributed by atoms with Gasteiger partial charge in [0.15, 0.2) is 6.73 Å². The Morgan fingerprint density at radius 3 is 2.69 bits per heavy atom. The second kappa shape index (κ2) is 9.95. The molecule has 1 atom stereocenters. The molecule has 7 heteroatoms. The number of esters is 1. The maximum atomic E-state index is 12.1. The molecule has 0 aromatic heterocycles. The van der Waals surface area contributed by atoms with E-state index < -0.39 is 0 Å². The van der Waals surface area contributed by atoms with Crippen LogP contribution >= 0.6 is 0 Å². The van der Waals surface area contributed by atoms with E-state index in [1.165, 1.54) is 6.34 Å². The molecule has 0 spiro atoms. The highest BCUT2D eigenvalue weighted by atomic mass is 16.5. The van der Waals surface area contributed by atoms with Crippen molar-refractivity contribution in [2.24, 2.45) is 10.8 Å². The van der Waals surface area contributed by atoms with Gasteiger partial charge in [0.25, 0.3) is 5.91 Å². The molecule has 2 aromatic rings. The summed E-state index contributed by atoms with van der Waals surface area (Å²) in [5, 5.41) is 2.55. The minimum Gasteiger partial charge on any atom is -0.444 e. The third kappa shape index (κ3) is 6.03. The Morgan fingerprint density at radius 1 is 1.19 bits per heavy atom. The Bertz CT molecular complexity index is 762. The fraction of sp³-hybridized carbons (Fsp3) is 0.211. The van der Waals surface area contributed by atoms with Crippen LogP contribution in [0.15, 0.2) is 59.6 Å². The summed E-state index contributed by atoms with van der Waals surface area (Å²) in [6.45, 7) is 1.77. The molecule has 4 N–H and O–H groups in total. The number of hydrogen-bond acceptors (Lipinski definition) is 5.